The Hall–Kier alpha value is -3.57. The molecule has 2 nitrogen and oxygen atoms in total. The van der Waals surface area contributed by atoms with Gasteiger partial charge in [-0.05, 0) is 16.7 Å². The van der Waals surface area contributed by atoms with Gasteiger partial charge in [0.15, 0.2) is 6.10 Å². The van der Waals surface area contributed by atoms with Crippen molar-refractivity contribution in [2.45, 2.75) is 11.5 Å². The average molecular weight is 349 g/mol. The zero-order valence-corrected chi connectivity index (χ0v) is 14.8. The number of nitriles is 1. The van der Waals surface area contributed by atoms with Crippen LogP contribution < -0.4 is 0 Å². The van der Waals surface area contributed by atoms with Crippen LogP contribution in [0.5, 0.6) is 0 Å². The fourth-order valence-corrected chi connectivity index (χ4v) is 3.90. The highest BCUT2D eigenvalue weighted by Crippen LogP contribution is 2.46. The maximum absolute atomic E-state index is 9.49. The van der Waals surface area contributed by atoms with Crippen LogP contribution in [0, 0.1) is 11.5 Å². The largest absolute Gasteiger partial charge is 0.418 e. The van der Waals surface area contributed by atoms with E-state index in [4.69, 9.17) is 4.74 Å². The van der Waals surface area contributed by atoms with Gasteiger partial charge in [0, 0.05) is 5.57 Å². The van der Waals surface area contributed by atoms with Gasteiger partial charge in [-0.1, -0.05) is 109 Å². The fourth-order valence-electron chi connectivity index (χ4n) is 3.90. The predicted octanol–water partition coefficient (Wildman–Crippen LogP) is 5.49. The molecule has 0 saturated heterocycles. The Balaban J connectivity index is 1.97. The van der Waals surface area contributed by atoms with E-state index in [2.05, 4.69) is 48.6 Å². The maximum atomic E-state index is 9.49. The summed E-state index contributed by atoms with van der Waals surface area (Å²) < 4.78 is 5.76. The molecule has 0 bridgehead atoms. The van der Waals surface area contributed by atoms with E-state index in [1.165, 1.54) is 0 Å². The molecule has 0 heterocycles. The topological polar surface area (TPSA) is 33.0 Å². The molecule has 2 heteroatoms. The van der Waals surface area contributed by atoms with Crippen LogP contribution in [-0.4, -0.2) is 6.10 Å². The number of hydrogen-bond acceptors (Lipinski definition) is 2. The minimum atomic E-state index is -0.585. The lowest BCUT2D eigenvalue weighted by molar-refractivity contribution is 0.165. The summed E-state index contributed by atoms with van der Waals surface area (Å²) in [6.45, 7) is 0. The smallest absolute Gasteiger partial charge is 0.287 e. The molecular formula is C25H19NO. The molecule has 130 valence electrons. The van der Waals surface area contributed by atoms with E-state index in [1.807, 2.05) is 66.9 Å². The molecule has 0 amide bonds. The summed E-state index contributed by atoms with van der Waals surface area (Å²) >= 11 is 0. The third-order valence-electron chi connectivity index (χ3n) is 5.11. The number of nitrogens with zero attached hydrogens (tertiary/aromatic N) is 1. The van der Waals surface area contributed by atoms with Crippen molar-refractivity contribution in [3.8, 4) is 6.26 Å². The summed E-state index contributed by atoms with van der Waals surface area (Å²) in [5.74, 6) is 0. The molecule has 1 aliphatic rings. The standard InChI is InChI=1S/C25H19NO/c26-19-27-24-23(20-11-4-1-5-12-20)17-10-18-25(24,21-13-6-2-7-14-21)22-15-8-3-9-16-22/h1-18,24H. The van der Waals surface area contributed by atoms with Crippen LogP contribution in [-0.2, 0) is 10.2 Å². The third-order valence-corrected chi connectivity index (χ3v) is 5.11. The lowest BCUT2D eigenvalue weighted by Gasteiger charge is -2.40. The van der Waals surface area contributed by atoms with Crippen LogP contribution in [0.2, 0.25) is 0 Å². The summed E-state index contributed by atoms with van der Waals surface area (Å²) in [5, 5.41) is 9.49. The first kappa shape index (κ1) is 16.9. The molecule has 27 heavy (non-hydrogen) atoms. The average Bonchev–Trinajstić information content (AvgIpc) is 2.76. The highest BCUT2D eigenvalue weighted by Gasteiger charge is 2.45. The number of hydrogen-bond donors (Lipinski definition) is 0. The number of rotatable bonds is 4. The van der Waals surface area contributed by atoms with Crippen molar-refractivity contribution in [1.82, 2.24) is 0 Å². The van der Waals surface area contributed by atoms with E-state index >= 15 is 0 Å². The minimum absolute atomic E-state index is 0.459. The van der Waals surface area contributed by atoms with Gasteiger partial charge in [-0.15, -0.1) is 0 Å². The van der Waals surface area contributed by atoms with Crippen molar-refractivity contribution in [1.29, 1.82) is 5.26 Å². The Morgan fingerprint density at radius 3 is 1.78 bits per heavy atom. The van der Waals surface area contributed by atoms with Crippen LogP contribution in [0.4, 0.5) is 0 Å². The molecule has 4 rings (SSSR count). The van der Waals surface area contributed by atoms with Gasteiger partial charge in [0.1, 0.15) is 0 Å². The summed E-state index contributed by atoms with van der Waals surface area (Å²) in [7, 11) is 0. The highest BCUT2D eigenvalue weighted by molar-refractivity contribution is 5.76. The van der Waals surface area contributed by atoms with Crippen molar-refractivity contribution in [3.63, 3.8) is 0 Å². The summed E-state index contributed by atoms with van der Waals surface area (Å²) in [5.41, 5.74) is 3.65. The quantitative estimate of drug-likeness (QED) is 0.583. The lowest BCUT2D eigenvalue weighted by atomic mass is 9.65. The first-order valence-corrected chi connectivity index (χ1v) is 8.97. The SMILES string of the molecule is N#COC1C(c2ccccc2)=CC=CC1(c1ccccc1)c1ccccc1. The summed E-state index contributed by atoms with van der Waals surface area (Å²) in [6, 6.07) is 30.6. The van der Waals surface area contributed by atoms with Crippen molar-refractivity contribution in [3.05, 3.63) is 126 Å². The van der Waals surface area contributed by atoms with E-state index in [1.54, 1.807) is 0 Å². The van der Waals surface area contributed by atoms with Gasteiger partial charge in [-0.2, -0.15) is 5.26 Å². The number of ether oxygens (including phenoxy) is 1. The highest BCUT2D eigenvalue weighted by atomic mass is 16.5. The first-order chi connectivity index (χ1) is 13.4. The van der Waals surface area contributed by atoms with Crippen LogP contribution >= 0.6 is 0 Å². The normalized spacial score (nSPS) is 17.6. The molecular weight excluding hydrogens is 330 g/mol. The second kappa shape index (κ2) is 7.35. The van der Waals surface area contributed by atoms with Crippen LogP contribution in [0.25, 0.3) is 5.57 Å². The molecule has 1 unspecified atom stereocenters. The van der Waals surface area contributed by atoms with E-state index in [9.17, 15) is 5.26 Å². The van der Waals surface area contributed by atoms with E-state index in [0.29, 0.717) is 0 Å². The van der Waals surface area contributed by atoms with Crippen LogP contribution in [0.1, 0.15) is 16.7 Å². The fraction of sp³-hybridized carbons (Fsp3) is 0.0800. The Bertz CT molecular complexity index is 959. The van der Waals surface area contributed by atoms with Gasteiger partial charge in [0.25, 0.3) is 6.26 Å². The predicted molar refractivity (Wildman–Crippen MR) is 108 cm³/mol. The van der Waals surface area contributed by atoms with Gasteiger partial charge in [0.05, 0.1) is 5.41 Å². The maximum Gasteiger partial charge on any atom is 0.287 e. The van der Waals surface area contributed by atoms with E-state index in [-0.39, 0.29) is 0 Å². The molecule has 1 aliphatic carbocycles. The Kier molecular flexibility index (Phi) is 4.60. The zero-order valence-electron chi connectivity index (χ0n) is 14.8. The summed E-state index contributed by atoms with van der Waals surface area (Å²) in [6.07, 6.45) is 7.76. The first-order valence-electron chi connectivity index (χ1n) is 8.97. The number of allylic oxidation sites excluding steroid dienone is 2. The second-order valence-electron chi connectivity index (χ2n) is 6.54. The van der Waals surface area contributed by atoms with Crippen LogP contribution in [0.15, 0.2) is 109 Å². The lowest BCUT2D eigenvalue weighted by Crippen LogP contribution is -2.42. The molecule has 1 atom stereocenters. The monoisotopic (exact) mass is 349 g/mol. The van der Waals surface area contributed by atoms with Crippen molar-refractivity contribution >= 4 is 5.57 Å². The summed E-state index contributed by atoms with van der Waals surface area (Å²) in [4.78, 5) is 0. The Labute approximate surface area is 159 Å². The minimum Gasteiger partial charge on any atom is -0.418 e. The molecule has 0 fully saturated rings. The van der Waals surface area contributed by atoms with Gasteiger partial charge < -0.3 is 4.74 Å². The molecule has 3 aromatic carbocycles. The second-order valence-corrected chi connectivity index (χ2v) is 6.54. The molecule has 0 radical (unpaired) electrons. The number of benzene rings is 3. The van der Waals surface area contributed by atoms with Crippen molar-refractivity contribution < 1.29 is 4.74 Å². The van der Waals surface area contributed by atoms with Gasteiger partial charge in [-0.3, -0.25) is 0 Å². The molecule has 0 spiro atoms. The zero-order chi connectivity index (χ0) is 18.5. The van der Waals surface area contributed by atoms with Crippen molar-refractivity contribution in [2.24, 2.45) is 0 Å². The van der Waals surface area contributed by atoms with Gasteiger partial charge >= 0.3 is 0 Å². The van der Waals surface area contributed by atoms with E-state index < -0.39 is 11.5 Å². The third kappa shape index (κ3) is 2.94. The van der Waals surface area contributed by atoms with Crippen molar-refractivity contribution in [2.75, 3.05) is 0 Å². The van der Waals surface area contributed by atoms with E-state index in [0.717, 1.165) is 22.3 Å². The Morgan fingerprint density at radius 2 is 1.26 bits per heavy atom. The molecule has 0 aromatic heterocycles. The van der Waals surface area contributed by atoms with Crippen LogP contribution in [0.3, 0.4) is 0 Å². The molecule has 0 saturated carbocycles. The van der Waals surface area contributed by atoms with Gasteiger partial charge in [0.2, 0.25) is 0 Å². The van der Waals surface area contributed by atoms with Gasteiger partial charge in [-0.25, -0.2) is 0 Å². The molecule has 0 aliphatic heterocycles. The molecule has 3 aromatic rings. The molecule has 0 N–H and O–H groups in total. The Morgan fingerprint density at radius 1 is 0.741 bits per heavy atom.